The average Bonchev–Trinajstić information content (AvgIpc) is 2.82. The Labute approximate surface area is 145 Å². The first kappa shape index (κ1) is 20.9. The van der Waals surface area contributed by atoms with Crippen LogP contribution in [0.3, 0.4) is 0 Å². The summed E-state index contributed by atoms with van der Waals surface area (Å²) in [6.07, 6.45) is -6.70. The summed E-state index contributed by atoms with van der Waals surface area (Å²) in [6, 6.07) is 0.953. The Balaban J connectivity index is 2.23. The number of phosphoric acid groups is 1. The Kier molecular flexibility index (Phi) is 6.16. The quantitative estimate of drug-likeness (QED) is 0.558. The number of hydrogen-bond acceptors (Lipinski definition) is 7. The molecule has 0 spiro atoms. The Morgan fingerprint density at radius 2 is 2.15 bits per heavy atom. The molecule has 1 aliphatic rings. The SMILES string of the molecule is CC(C)OP(=O)(O)OC[C@]1(C(F)F)CC(O)C(n2ccc(=O)[nH]c2=O)O1. The van der Waals surface area contributed by atoms with Crippen LogP contribution >= 0.6 is 7.82 Å². The first-order valence-electron chi connectivity index (χ1n) is 7.57. The third-order valence-corrected chi connectivity index (χ3v) is 4.72. The minimum atomic E-state index is -4.62. The Bertz CT molecular complexity index is 797. The maximum absolute atomic E-state index is 13.6. The van der Waals surface area contributed by atoms with Gasteiger partial charge in [0.1, 0.15) is 6.10 Å². The second kappa shape index (κ2) is 7.67. The zero-order chi connectivity index (χ0) is 19.7. The minimum absolute atomic E-state index is 0.678. The second-order valence-corrected chi connectivity index (χ2v) is 7.47. The minimum Gasteiger partial charge on any atom is -0.388 e. The molecule has 2 heterocycles. The smallest absolute Gasteiger partial charge is 0.388 e. The van der Waals surface area contributed by atoms with Gasteiger partial charge in [-0.3, -0.25) is 23.4 Å². The van der Waals surface area contributed by atoms with Crippen molar-refractivity contribution >= 4 is 7.82 Å². The van der Waals surface area contributed by atoms with Crippen molar-refractivity contribution in [2.24, 2.45) is 0 Å². The summed E-state index contributed by atoms with van der Waals surface area (Å²) in [6.45, 7) is 1.84. The van der Waals surface area contributed by atoms with Gasteiger partial charge in [0.05, 0.1) is 12.7 Å². The maximum Gasteiger partial charge on any atom is 0.472 e. The number of nitrogens with zero attached hydrogens (tertiary/aromatic N) is 1. The summed E-state index contributed by atoms with van der Waals surface area (Å²) in [5.41, 5.74) is -4.13. The average molecular weight is 400 g/mol. The van der Waals surface area contributed by atoms with E-state index in [0.717, 1.165) is 16.8 Å². The first-order chi connectivity index (χ1) is 12.0. The van der Waals surface area contributed by atoms with Crippen LogP contribution in [0.2, 0.25) is 0 Å². The zero-order valence-electron chi connectivity index (χ0n) is 13.9. The van der Waals surface area contributed by atoms with Crippen molar-refractivity contribution in [2.75, 3.05) is 6.61 Å². The van der Waals surface area contributed by atoms with Crippen molar-refractivity contribution in [3.8, 4) is 0 Å². The Morgan fingerprint density at radius 1 is 1.50 bits per heavy atom. The molecule has 0 aliphatic carbocycles. The van der Waals surface area contributed by atoms with Gasteiger partial charge in [-0.05, 0) is 13.8 Å². The van der Waals surface area contributed by atoms with E-state index in [1.807, 2.05) is 4.98 Å². The van der Waals surface area contributed by atoms with Crippen LogP contribution in [-0.2, 0) is 18.3 Å². The van der Waals surface area contributed by atoms with E-state index in [0.29, 0.717) is 0 Å². The van der Waals surface area contributed by atoms with Gasteiger partial charge in [0.15, 0.2) is 11.8 Å². The lowest BCUT2D eigenvalue weighted by Crippen LogP contribution is -2.42. The number of alkyl halides is 2. The van der Waals surface area contributed by atoms with Crippen molar-refractivity contribution in [1.82, 2.24) is 9.55 Å². The highest BCUT2D eigenvalue weighted by Gasteiger charge is 2.54. The van der Waals surface area contributed by atoms with Crippen molar-refractivity contribution in [2.45, 2.75) is 50.7 Å². The monoisotopic (exact) mass is 400 g/mol. The molecular weight excluding hydrogens is 381 g/mol. The van der Waals surface area contributed by atoms with E-state index in [1.54, 1.807) is 0 Å². The van der Waals surface area contributed by atoms with E-state index in [2.05, 4.69) is 9.05 Å². The number of hydrogen-bond donors (Lipinski definition) is 3. The van der Waals surface area contributed by atoms with Crippen molar-refractivity contribution < 1.29 is 37.1 Å². The lowest BCUT2D eigenvalue weighted by atomic mass is 10.0. The van der Waals surface area contributed by atoms with Crippen LogP contribution in [-0.4, -0.2) is 50.4 Å². The summed E-state index contributed by atoms with van der Waals surface area (Å²) >= 11 is 0. The molecule has 148 valence electrons. The van der Waals surface area contributed by atoms with Gasteiger partial charge in [-0.1, -0.05) is 0 Å². The van der Waals surface area contributed by atoms with Crippen molar-refractivity contribution in [3.63, 3.8) is 0 Å². The predicted octanol–water partition coefficient (Wildman–Crippen LogP) is 0.362. The van der Waals surface area contributed by atoms with E-state index in [1.165, 1.54) is 13.8 Å². The predicted molar refractivity (Wildman–Crippen MR) is 82.8 cm³/mol. The molecule has 0 bridgehead atoms. The lowest BCUT2D eigenvalue weighted by Gasteiger charge is -2.29. The van der Waals surface area contributed by atoms with Gasteiger partial charge in [0.25, 0.3) is 12.0 Å². The highest BCUT2D eigenvalue weighted by atomic mass is 31.2. The molecule has 1 aromatic rings. The molecular formula is C13H19F2N2O8P. The van der Waals surface area contributed by atoms with Crippen LogP contribution in [0, 0.1) is 0 Å². The van der Waals surface area contributed by atoms with Gasteiger partial charge in [0, 0.05) is 18.7 Å². The van der Waals surface area contributed by atoms with E-state index in [4.69, 9.17) is 4.74 Å². The largest absolute Gasteiger partial charge is 0.472 e. The number of ether oxygens (including phenoxy) is 1. The molecule has 1 aromatic heterocycles. The third kappa shape index (κ3) is 4.64. The number of aromatic nitrogens is 2. The fourth-order valence-electron chi connectivity index (χ4n) is 2.48. The molecule has 13 heteroatoms. The normalized spacial score (nSPS) is 28.6. The molecule has 2 rings (SSSR count). The summed E-state index contributed by atoms with van der Waals surface area (Å²) in [4.78, 5) is 34.3. The molecule has 0 aromatic carbocycles. The van der Waals surface area contributed by atoms with Crippen LogP contribution < -0.4 is 11.2 Å². The highest BCUT2D eigenvalue weighted by Crippen LogP contribution is 2.48. The molecule has 3 unspecified atom stereocenters. The van der Waals surface area contributed by atoms with E-state index in [-0.39, 0.29) is 0 Å². The van der Waals surface area contributed by atoms with Gasteiger partial charge in [0.2, 0.25) is 0 Å². The fourth-order valence-corrected chi connectivity index (χ4v) is 3.45. The van der Waals surface area contributed by atoms with Crippen LogP contribution in [0.5, 0.6) is 0 Å². The Morgan fingerprint density at radius 3 is 2.69 bits per heavy atom. The molecule has 1 fully saturated rings. The molecule has 1 aliphatic heterocycles. The molecule has 0 radical (unpaired) electrons. The highest BCUT2D eigenvalue weighted by molar-refractivity contribution is 7.47. The van der Waals surface area contributed by atoms with E-state index >= 15 is 0 Å². The number of nitrogens with one attached hydrogen (secondary N) is 1. The summed E-state index contributed by atoms with van der Waals surface area (Å²) in [5, 5.41) is 10.1. The van der Waals surface area contributed by atoms with Gasteiger partial charge in [-0.15, -0.1) is 0 Å². The number of halogens is 2. The molecule has 0 saturated carbocycles. The van der Waals surface area contributed by atoms with Gasteiger partial charge >= 0.3 is 13.5 Å². The third-order valence-electron chi connectivity index (χ3n) is 3.58. The standard InChI is InChI=1S/C13H19F2N2O8P/c1-7(2)25-26(21,22)23-6-13(11(14)15)5-8(18)10(24-13)17-4-3-9(19)16-12(17)20/h3-4,7-8,10-11,18H,5-6H2,1-2H3,(H,21,22)(H,16,19,20)/t8?,10?,13-/m0/s1. The van der Waals surface area contributed by atoms with Crippen LogP contribution in [0.1, 0.15) is 26.5 Å². The second-order valence-electron chi connectivity index (χ2n) is 6.06. The molecule has 26 heavy (non-hydrogen) atoms. The number of rotatable bonds is 7. The Hall–Kier alpha value is -1.43. The van der Waals surface area contributed by atoms with Crippen LogP contribution in [0.25, 0.3) is 0 Å². The van der Waals surface area contributed by atoms with Crippen molar-refractivity contribution in [3.05, 3.63) is 33.1 Å². The summed E-state index contributed by atoms with van der Waals surface area (Å²) in [5.74, 6) is 0. The number of aromatic amines is 1. The zero-order valence-corrected chi connectivity index (χ0v) is 14.8. The fraction of sp³-hybridized carbons (Fsp3) is 0.692. The molecule has 4 atom stereocenters. The van der Waals surface area contributed by atoms with E-state index in [9.17, 15) is 32.9 Å². The number of H-pyrrole nitrogens is 1. The van der Waals surface area contributed by atoms with Gasteiger partial charge in [-0.25, -0.2) is 18.1 Å². The maximum atomic E-state index is 13.6. The van der Waals surface area contributed by atoms with Crippen LogP contribution in [0.4, 0.5) is 8.78 Å². The first-order valence-corrected chi connectivity index (χ1v) is 9.06. The summed E-state index contributed by atoms with van der Waals surface area (Å²) in [7, 11) is -4.62. The molecule has 10 nitrogen and oxygen atoms in total. The van der Waals surface area contributed by atoms with E-state index < -0.39 is 62.6 Å². The van der Waals surface area contributed by atoms with Gasteiger partial charge in [-0.2, -0.15) is 0 Å². The van der Waals surface area contributed by atoms with Crippen molar-refractivity contribution in [1.29, 1.82) is 0 Å². The topological polar surface area (TPSA) is 140 Å². The molecule has 3 N–H and O–H groups in total. The number of phosphoric ester groups is 1. The summed E-state index contributed by atoms with van der Waals surface area (Å²) < 4.78 is 54.0. The molecule has 0 amide bonds. The number of aliphatic hydroxyl groups is 1. The lowest BCUT2D eigenvalue weighted by molar-refractivity contribution is -0.172. The number of aliphatic hydroxyl groups excluding tert-OH is 1. The van der Waals surface area contributed by atoms with Gasteiger partial charge < -0.3 is 14.7 Å². The van der Waals surface area contributed by atoms with Crippen LogP contribution in [0.15, 0.2) is 21.9 Å². The molecule has 1 saturated heterocycles.